The molecule has 2 fully saturated rings. The monoisotopic (exact) mass is 289 g/mol. The van der Waals surface area contributed by atoms with Gasteiger partial charge in [0, 0.05) is 19.2 Å². The summed E-state index contributed by atoms with van der Waals surface area (Å²) in [5.74, 6) is 2.38. The van der Waals surface area contributed by atoms with Gasteiger partial charge in [0.1, 0.15) is 5.75 Å². The molecule has 2 atom stereocenters. The summed E-state index contributed by atoms with van der Waals surface area (Å²) in [6.07, 6.45) is 5.34. The van der Waals surface area contributed by atoms with Gasteiger partial charge in [0.2, 0.25) is 0 Å². The maximum absolute atomic E-state index is 5.76. The SMILES string of the molecule is CCC1OCCC1CNC1CC(c2cccc(OC)c2)C1. The Labute approximate surface area is 128 Å². The van der Waals surface area contributed by atoms with Crippen molar-refractivity contribution in [2.45, 2.75) is 50.7 Å². The van der Waals surface area contributed by atoms with Crippen LogP contribution in [-0.2, 0) is 4.74 Å². The minimum atomic E-state index is 0.478. The van der Waals surface area contributed by atoms with E-state index in [-0.39, 0.29) is 0 Å². The predicted octanol–water partition coefficient (Wildman–Crippen LogP) is 3.35. The first-order chi connectivity index (χ1) is 10.3. The van der Waals surface area contributed by atoms with E-state index < -0.39 is 0 Å². The number of methoxy groups -OCH3 is 1. The van der Waals surface area contributed by atoms with Crippen molar-refractivity contribution in [3.63, 3.8) is 0 Å². The van der Waals surface area contributed by atoms with E-state index in [0.29, 0.717) is 24.0 Å². The first-order valence-corrected chi connectivity index (χ1v) is 8.29. The molecule has 21 heavy (non-hydrogen) atoms. The molecule has 3 rings (SSSR count). The van der Waals surface area contributed by atoms with Crippen molar-refractivity contribution in [1.29, 1.82) is 0 Å². The van der Waals surface area contributed by atoms with Crippen LogP contribution < -0.4 is 10.1 Å². The van der Waals surface area contributed by atoms with Crippen LogP contribution in [-0.4, -0.2) is 32.4 Å². The van der Waals surface area contributed by atoms with Gasteiger partial charge in [0.25, 0.3) is 0 Å². The van der Waals surface area contributed by atoms with Gasteiger partial charge in [0.05, 0.1) is 13.2 Å². The molecule has 0 amide bonds. The van der Waals surface area contributed by atoms with E-state index in [4.69, 9.17) is 9.47 Å². The molecule has 1 aromatic carbocycles. The number of hydrogen-bond donors (Lipinski definition) is 1. The maximum Gasteiger partial charge on any atom is 0.119 e. The average Bonchev–Trinajstić information content (AvgIpc) is 2.93. The van der Waals surface area contributed by atoms with Gasteiger partial charge in [-0.15, -0.1) is 0 Å². The largest absolute Gasteiger partial charge is 0.497 e. The van der Waals surface area contributed by atoms with E-state index in [9.17, 15) is 0 Å². The smallest absolute Gasteiger partial charge is 0.119 e. The van der Waals surface area contributed by atoms with Crippen molar-refractivity contribution >= 4 is 0 Å². The van der Waals surface area contributed by atoms with Crippen LogP contribution in [0.25, 0.3) is 0 Å². The average molecular weight is 289 g/mol. The topological polar surface area (TPSA) is 30.5 Å². The van der Waals surface area contributed by atoms with E-state index in [1.54, 1.807) is 7.11 Å². The molecule has 0 aromatic heterocycles. The summed E-state index contributed by atoms with van der Waals surface area (Å²) >= 11 is 0. The molecule has 116 valence electrons. The fourth-order valence-electron chi connectivity index (χ4n) is 3.65. The number of hydrogen-bond acceptors (Lipinski definition) is 3. The van der Waals surface area contributed by atoms with Gasteiger partial charge in [-0.2, -0.15) is 0 Å². The molecule has 1 aliphatic carbocycles. The molecule has 0 radical (unpaired) electrons. The maximum atomic E-state index is 5.76. The highest BCUT2D eigenvalue weighted by atomic mass is 16.5. The molecule has 3 heteroatoms. The molecular formula is C18H27NO2. The summed E-state index contributed by atoms with van der Waals surface area (Å²) in [5.41, 5.74) is 1.42. The molecular weight excluding hydrogens is 262 g/mol. The number of rotatable bonds is 6. The molecule has 0 bridgehead atoms. The first kappa shape index (κ1) is 14.9. The minimum Gasteiger partial charge on any atom is -0.497 e. The first-order valence-electron chi connectivity index (χ1n) is 8.29. The lowest BCUT2D eigenvalue weighted by atomic mass is 9.75. The standard InChI is InChI=1S/C18H27NO2/c1-3-18-14(7-8-21-18)12-19-16-9-15(10-16)13-5-4-6-17(11-13)20-2/h4-6,11,14-16,18-19H,3,7-10,12H2,1-2H3. The molecule has 1 heterocycles. The van der Waals surface area contributed by atoms with E-state index in [1.165, 1.54) is 24.8 Å². The highest BCUT2D eigenvalue weighted by Gasteiger charge is 2.32. The fourth-order valence-corrected chi connectivity index (χ4v) is 3.65. The lowest BCUT2D eigenvalue weighted by Crippen LogP contribution is -2.43. The number of nitrogens with one attached hydrogen (secondary N) is 1. The summed E-state index contributed by atoms with van der Waals surface area (Å²) in [7, 11) is 1.73. The fraction of sp³-hybridized carbons (Fsp3) is 0.667. The van der Waals surface area contributed by atoms with E-state index in [2.05, 4.69) is 30.4 Å². The van der Waals surface area contributed by atoms with Crippen molar-refractivity contribution in [3.8, 4) is 5.75 Å². The Bertz CT molecular complexity index is 456. The predicted molar refractivity (Wildman–Crippen MR) is 84.9 cm³/mol. The van der Waals surface area contributed by atoms with Crippen LogP contribution in [0.5, 0.6) is 5.75 Å². The van der Waals surface area contributed by atoms with Crippen LogP contribution >= 0.6 is 0 Å². The summed E-state index contributed by atoms with van der Waals surface area (Å²) in [6, 6.07) is 9.19. The van der Waals surface area contributed by atoms with Crippen molar-refractivity contribution in [2.75, 3.05) is 20.3 Å². The number of benzene rings is 1. The van der Waals surface area contributed by atoms with Gasteiger partial charge in [-0.25, -0.2) is 0 Å². The molecule has 1 N–H and O–H groups in total. The van der Waals surface area contributed by atoms with Gasteiger partial charge >= 0.3 is 0 Å². The summed E-state index contributed by atoms with van der Waals surface area (Å²) < 4.78 is 11.1. The van der Waals surface area contributed by atoms with Crippen LogP contribution in [0.1, 0.15) is 44.1 Å². The van der Waals surface area contributed by atoms with Crippen LogP contribution in [0, 0.1) is 5.92 Å². The number of ether oxygens (including phenoxy) is 2. The highest BCUT2D eigenvalue weighted by Crippen LogP contribution is 2.38. The third kappa shape index (κ3) is 3.41. The van der Waals surface area contributed by atoms with Crippen LogP contribution in [0.2, 0.25) is 0 Å². The molecule has 2 unspecified atom stereocenters. The molecule has 3 nitrogen and oxygen atoms in total. The van der Waals surface area contributed by atoms with Gasteiger partial charge in [-0.1, -0.05) is 19.1 Å². The van der Waals surface area contributed by atoms with Crippen LogP contribution in [0.4, 0.5) is 0 Å². The lowest BCUT2D eigenvalue weighted by Gasteiger charge is -2.37. The summed E-state index contributed by atoms with van der Waals surface area (Å²) in [6.45, 7) is 4.29. The summed E-state index contributed by atoms with van der Waals surface area (Å²) in [5, 5.41) is 3.74. The second-order valence-corrected chi connectivity index (χ2v) is 6.42. The third-order valence-electron chi connectivity index (χ3n) is 5.12. The Kier molecular flexibility index (Phi) is 4.81. The van der Waals surface area contributed by atoms with Crippen LogP contribution in [0.15, 0.2) is 24.3 Å². The van der Waals surface area contributed by atoms with Gasteiger partial charge in [-0.3, -0.25) is 0 Å². The second-order valence-electron chi connectivity index (χ2n) is 6.42. The molecule has 2 aliphatic rings. The Hall–Kier alpha value is -1.06. The zero-order valence-corrected chi connectivity index (χ0v) is 13.2. The summed E-state index contributed by atoms with van der Waals surface area (Å²) in [4.78, 5) is 0. The molecule has 0 spiro atoms. The Morgan fingerprint density at radius 2 is 2.19 bits per heavy atom. The van der Waals surface area contributed by atoms with Gasteiger partial charge in [-0.05, 0) is 55.2 Å². The van der Waals surface area contributed by atoms with Gasteiger partial charge in [0.15, 0.2) is 0 Å². The third-order valence-corrected chi connectivity index (χ3v) is 5.12. The molecule has 1 aliphatic heterocycles. The van der Waals surface area contributed by atoms with Crippen molar-refractivity contribution in [3.05, 3.63) is 29.8 Å². The minimum absolute atomic E-state index is 0.478. The van der Waals surface area contributed by atoms with Crippen molar-refractivity contribution < 1.29 is 9.47 Å². The van der Waals surface area contributed by atoms with Crippen molar-refractivity contribution in [1.82, 2.24) is 5.32 Å². The highest BCUT2D eigenvalue weighted by molar-refractivity contribution is 5.32. The normalized spacial score (nSPS) is 31.9. The molecule has 1 aromatic rings. The molecule has 1 saturated heterocycles. The molecule has 1 saturated carbocycles. The Morgan fingerprint density at radius 1 is 1.33 bits per heavy atom. The van der Waals surface area contributed by atoms with E-state index in [1.807, 2.05) is 6.07 Å². The lowest BCUT2D eigenvalue weighted by molar-refractivity contribution is 0.0853. The van der Waals surface area contributed by atoms with Gasteiger partial charge < -0.3 is 14.8 Å². The van der Waals surface area contributed by atoms with E-state index >= 15 is 0 Å². The zero-order valence-electron chi connectivity index (χ0n) is 13.2. The Morgan fingerprint density at radius 3 is 2.95 bits per heavy atom. The van der Waals surface area contributed by atoms with E-state index in [0.717, 1.165) is 25.3 Å². The van der Waals surface area contributed by atoms with Crippen molar-refractivity contribution in [2.24, 2.45) is 5.92 Å². The Balaban J connectivity index is 1.43. The van der Waals surface area contributed by atoms with Crippen LogP contribution in [0.3, 0.4) is 0 Å². The zero-order chi connectivity index (χ0) is 14.7. The second kappa shape index (κ2) is 6.80. The quantitative estimate of drug-likeness (QED) is 0.871.